The number of imidazole rings is 1. The minimum Gasteiger partial charge on any atom is -0.376 e. The number of aromatic nitrogens is 2. The summed E-state index contributed by atoms with van der Waals surface area (Å²) in [7, 11) is 0. The van der Waals surface area contributed by atoms with Crippen molar-refractivity contribution in [2.45, 2.75) is 69.7 Å². The van der Waals surface area contributed by atoms with Gasteiger partial charge < -0.3 is 19.5 Å². The monoisotopic (exact) mass is 474 g/mol. The molecule has 1 N–H and O–H groups in total. The normalized spacial score (nSPS) is 19.5. The highest BCUT2D eigenvalue weighted by molar-refractivity contribution is 5.89. The van der Waals surface area contributed by atoms with Crippen LogP contribution in [0.25, 0.3) is 11.0 Å². The molecule has 1 saturated carbocycles. The summed E-state index contributed by atoms with van der Waals surface area (Å²) in [4.78, 5) is 33.8. The van der Waals surface area contributed by atoms with E-state index in [1.165, 1.54) is 6.42 Å². The van der Waals surface area contributed by atoms with Gasteiger partial charge in [0.2, 0.25) is 11.8 Å². The summed E-state index contributed by atoms with van der Waals surface area (Å²) in [5, 5.41) is 3.27. The maximum Gasteiger partial charge on any atom is 0.247 e. The number of hydrogen-bond acceptors (Lipinski definition) is 4. The Balaban J connectivity index is 1.45. The lowest BCUT2D eigenvalue weighted by molar-refractivity contribution is -0.143. The molecule has 1 aromatic heterocycles. The van der Waals surface area contributed by atoms with Gasteiger partial charge in [0.05, 0.1) is 23.5 Å². The van der Waals surface area contributed by atoms with Crippen LogP contribution in [0.15, 0.2) is 60.9 Å². The van der Waals surface area contributed by atoms with Crippen LogP contribution in [0.1, 0.15) is 56.6 Å². The maximum atomic E-state index is 13.9. The van der Waals surface area contributed by atoms with Crippen molar-refractivity contribution in [1.29, 1.82) is 0 Å². The van der Waals surface area contributed by atoms with Crippen molar-refractivity contribution in [1.82, 2.24) is 19.8 Å². The Kier molecular flexibility index (Phi) is 7.42. The first-order chi connectivity index (χ1) is 17.2. The average Bonchev–Trinajstić information content (AvgIpc) is 3.55. The molecule has 184 valence electrons. The third-order valence-electron chi connectivity index (χ3n) is 7.20. The Morgan fingerprint density at radius 1 is 1.00 bits per heavy atom. The number of rotatable bonds is 8. The van der Waals surface area contributed by atoms with Gasteiger partial charge in [-0.3, -0.25) is 9.59 Å². The lowest BCUT2D eigenvalue weighted by Gasteiger charge is -2.34. The molecule has 3 aromatic rings. The zero-order valence-corrected chi connectivity index (χ0v) is 20.1. The van der Waals surface area contributed by atoms with E-state index in [1.807, 2.05) is 59.2 Å². The zero-order valence-electron chi connectivity index (χ0n) is 20.1. The number of nitrogens with one attached hydrogen (secondary N) is 1. The van der Waals surface area contributed by atoms with Crippen LogP contribution in [-0.2, 0) is 20.9 Å². The van der Waals surface area contributed by atoms with Crippen LogP contribution in [0.4, 0.5) is 0 Å². The van der Waals surface area contributed by atoms with Crippen molar-refractivity contribution in [3.63, 3.8) is 0 Å². The van der Waals surface area contributed by atoms with Gasteiger partial charge in [0, 0.05) is 19.2 Å². The Morgan fingerprint density at radius 3 is 2.54 bits per heavy atom. The van der Waals surface area contributed by atoms with Crippen molar-refractivity contribution < 1.29 is 14.3 Å². The van der Waals surface area contributed by atoms with Gasteiger partial charge in [-0.05, 0) is 43.4 Å². The highest BCUT2D eigenvalue weighted by Gasteiger charge is 2.35. The van der Waals surface area contributed by atoms with Gasteiger partial charge in [-0.1, -0.05) is 61.7 Å². The fourth-order valence-electron chi connectivity index (χ4n) is 5.37. The number of amides is 2. The van der Waals surface area contributed by atoms with Crippen LogP contribution in [0.2, 0.25) is 0 Å². The minimum atomic E-state index is -0.704. The number of para-hydroxylation sites is 2. The molecular weight excluding hydrogens is 440 g/mol. The fraction of sp³-hybridized carbons (Fsp3) is 0.464. The second kappa shape index (κ2) is 11.0. The fourth-order valence-corrected chi connectivity index (χ4v) is 5.37. The molecule has 0 spiro atoms. The van der Waals surface area contributed by atoms with Crippen molar-refractivity contribution in [3.8, 4) is 0 Å². The molecule has 2 atom stereocenters. The van der Waals surface area contributed by atoms with E-state index < -0.39 is 6.04 Å². The highest BCUT2D eigenvalue weighted by Crippen LogP contribution is 2.27. The van der Waals surface area contributed by atoms with Gasteiger partial charge in [0.25, 0.3) is 0 Å². The number of fused-ring (bicyclic) bond motifs is 1. The maximum absolute atomic E-state index is 13.9. The van der Waals surface area contributed by atoms with Gasteiger partial charge in [0.1, 0.15) is 12.6 Å². The molecule has 1 aliphatic heterocycles. The first-order valence-electron chi connectivity index (χ1n) is 12.9. The van der Waals surface area contributed by atoms with E-state index in [0.717, 1.165) is 55.1 Å². The molecule has 2 fully saturated rings. The topological polar surface area (TPSA) is 76.5 Å². The standard InChI is InChI=1S/C28H34N4O3/c33-26(19-31-20-29-24-15-7-8-16-25(24)31)32(18-23-14-9-17-35-23)27(21-10-3-1-4-11-21)28(34)30-22-12-5-2-6-13-22/h1,3-4,7-8,10-11,15-16,20,22-23,27H,2,5-6,9,12-14,17-19H2,(H,30,34). The second-order valence-corrected chi connectivity index (χ2v) is 9.70. The smallest absolute Gasteiger partial charge is 0.247 e. The number of carbonyl (C=O) groups is 2. The number of carbonyl (C=O) groups excluding carboxylic acids is 2. The van der Waals surface area contributed by atoms with Crippen molar-refractivity contribution in [3.05, 3.63) is 66.5 Å². The summed E-state index contributed by atoms with van der Waals surface area (Å²) in [6.45, 7) is 1.21. The molecule has 35 heavy (non-hydrogen) atoms. The minimum absolute atomic E-state index is 0.0628. The lowest BCUT2D eigenvalue weighted by Crippen LogP contribution is -2.49. The zero-order chi connectivity index (χ0) is 24.0. The largest absolute Gasteiger partial charge is 0.376 e. The highest BCUT2D eigenvalue weighted by atomic mass is 16.5. The summed E-state index contributed by atoms with van der Waals surface area (Å²) >= 11 is 0. The third-order valence-corrected chi connectivity index (χ3v) is 7.20. The second-order valence-electron chi connectivity index (χ2n) is 9.70. The molecule has 7 nitrogen and oxygen atoms in total. The van der Waals surface area contributed by atoms with Gasteiger partial charge in [-0.25, -0.2) is 4.98 Å². The molecule has 7 heteroatoms. The van der Waals surface area contributed by atoms with E-state index in [2.05, 4.69) is 10.3 Å². The van der Waals surface area contributed by atoms with Gasteiger partial charge in [0.15, 0.2) is 0 Å². The number of ether oxygens (including phenoxy) is 1. The summed E-state index contributed by atoms with van der Waals surface area (Å²) in [6.07, 6.45) is 8.98. The molecule has 2 aliphatic rings. The molecule has 0 radical (unpaired) electrons. The van der Waals surface area contributed by atoms with E-state index in [0.29, 0.717) is 13.2 Å². The van der Waals surface area contributed by atoms with Crippen molar-refractivity contribution in [2.24, 2.45) is 0 Å². The Morgan fingerprint density at radius 2 is 1.77 bits per heavy atom. The molecule has 1 saturated heterocycles. The van der Waals surface area contributed by atoms with Crippen LogP contribution in [0.5, 0.6) is 0 Å². The van der Waals surface area contributed by atoms with Crippen LogP contribution >= 0.6 is 0 Å². The van der Waals surface area contributed by atoms with E-state index >= 15 is 0 Å². The van der Waals surface area contributed by atoms with Crippen molar-refractivity contribution in [2.75, 3.05) is 13.2 Å². The number of hydrogen-bond donors (Lipinski definition) is 1. The molecule has 2 amide bonds. The molecule has 1 aliphatic carbocycles. The Hall–Kier alpha value is -3.19. The van der Waals surface area contributed by atoms with E-state index in [4.69, 9.17) is 4.74 Å². The predicted octanol–water partition coefficient (Wildman–Crippen LogP) is 4.23. The molecule has 2 unspecified atom stereocenters. The van der Waals surface area contributed by atoms with Gasteiger partial charge in [-0.15, -0.1) is 0 Å². The van der Waals surface area contributed by atoms with E-state index in [9.17, 15) is 9.59 Å². The van der Waals surface area contributed by atoms with E-state index in [-0.39, 0.29) is 30.5 Å². The van der Waals surface area contributed by atoms with Gasteiger partial charge in [-0.2, -0.15) is 0 Å². The molecule has 0 bridgehead atoms. The first-order valence-corrected chi connectivity index (χ1v) is 12.9. The average molecular weight is 475 g/mol. The van der Waals surface area contributed by atoms with Crippen LogP contribution in [0.3, 0.4) is 0 Å². The number of benzene rings is 2. The lowest BCUT2D eigenvalue weighted by atomic mass is 9.94. The molecule has 5 rings (SSSR count). The summed E-state index contributed by atoms with van der Waals surface area (Å²) in [5.74, 6) is -0.221. The van der Waals surface area contributed by atoms with Crippen LogP contribution < -0.4 is 5.32 Å². The molecular formula is C28H34N4O3. The summed E-state index contributed by atoms with van der Waals surface area (Å²) < 4.78 is 7.77. The molecule has 2 heterocycles. The first kappa shape index (κ1) is 23.5. The third kappa shape index (κ3) is 5.56. The summed E-state index contributed by atoms with van der Waals surface area (Å²) in [6, 6.07) is 16.9. The quantitative estimate of drug-likeness (QED) is 0.530. The van der Waals surface area contributed by atoms with E-state index in [1.54, 1.807) is 11.2 Å². The van der Waals surface area contributed by atoms with Gasteiger partial charge >= 0.3 is 0 Å². The van der Waals surface area contributed by atoms with Crippen molar-refractivity contribution >= 4 is 22.8 Å². The van der Waals surface area contributed by atoms with Crippen LogP contribution in [-0.4, -0.2) is 51.6 Å². The summed E-state index contributed by atoms with van der Waals surface area (Å²) in [5.41, 5.74) is 2.57. The molecule has 2 aromatic carbocycles. The van der Waals surface area contributed by atoms with Crippen LogP contribution in [0, 0.1) is 0 Å². The number of nitrogens with zero attached hydrogens (tertiary/aromatic N) is 3. The SMILES string of the molecule is O=C(NC1CCCCC1)C(c1ccccc1)N(CC1CCCO1)C(=O)Cn1cnc2ccccc21. The Bertz CT molecular complexity index is 1130. The Labute approximate surface area is 206 Å². The predicted molar refractivity (Wildman–Crippen MR) is 135 cm³/mol.